The summed E-state index contributed by atoms with van der Waals surface area (Å²) in [6, 6.07) is 5.66. The minimum absolute atomic E-state index is 0.0349. The zero-order chi connectivity index (χ0) is 28.0. The number of nitro groups is 1. The van der Waals surface area contributed by atoms with E-state index in [2.05, 4.69) is 0 Å². The summed E-state index contributed by atoms with van der Waals surface area (Å²) in [5.41, 5.74) is -1.52. The van der Waals surface area contributed by atoms with Crippen LogP contribution in [0, 0.1) is 10.1 Å². The summed E-state index contributed by atoms with van der Waals surface area (Å²) in [7, 11) is -3.79. The molecule has 0 aromatic heterocycles. The average Bonchev–Trinajstić information content (AvgIpc) is 2.79. The molecule has 2 rings (SSSR count). The van der Waals surface area contributed by atoms with Gasteiger partial charge in [-0.3, -0.25) is 14.7 Å². The van der Waals surface area contributed by atoms with E-state index in [0.29, 0.717) is 6.07 Å². The van der Waals surface area contributed by atoms with Crippen molar-refractivity contribution in [3.8, 4) is 17.2 Å². The van der Waals surface area contributed by atoms with Crippen LogP contribution in [0.3, 0.4) is 0 Å². The second-order valence-corrected chi connectivity index (χ2v) is 10.0. The molecule has 2 aromatic carbocycles. The van der Waals surface area contributed by atoms with Gasteiger partial charge in [-0.2, -0.15) is 13.2 Å². The third-order valence-corrected chi connectivity index (χ3v) is 7.13. The molecule has 0 aliphatic rings. The molecule has 37 heavy (non-hydrogen) atoms. The number of carbonyl (C=O) groups is 1. The molecule has 15 heteroatoms. The number of ether oxygens (including phenoxy) is 3. The number of hydrogen-bond donors (Lipinski definition) is 0. The van der Waals surface area contributed by atoms with Crippen molar-refractivity contribution in [3.05, 3.63) is 57.1 Å². The highest BCUT2D eigenvalue weighted by Gasteiger charge is 2.37. The molecule has 10 nitrogen and oxygen atoms in total. The Bertz CT molecular complexity index is 1170. The Labute approximate surface area is 215 Å². The highest BCUT2D eigenvalue weighted by Crippen LogP contribution is 2.53. The van der Waals surface area contributed by atoms with E-state index in [9.17, 15) is 32.6 Å². The van der Waals surface area contributed by atoms with E-state index in [-0.39, 0.29) is 29.7 Å². The van der Waals surface area contributed by atoms with Crippen LogP contribution in [0.25, 0.3) is 0 Å². The fourth-order valence-electron chi connectivity index (χ4n) is 2.86. The van der Waals surface area contributed by atoms with E-state index >= 15 is 0 Å². The lowest BCUT2D eigenvalue weighted by atomic mass is 10.2. The molecule has 204 valence electrons. The zero-order valence-electron chi connectivity index (χ0n) is 20.1. The highest BCUT2D eigenvalue weighted by atomic mass is 35.5. The van der Waals surface area contributed by atoms with E-state index in [1.165, 1.54) is 19.9 Å². The predicted octanol–water partition coefficient (Wildman–Crippen LogP) is 6.98. The van der Waals surface area contributed by atoms with Crippen LogP contribution >= 0.6 is 19.2 Å². The molecule has 0 radical (unpaired) electrons. The number of benzene rings is 2. The van der Waals surface area contributed by atoms with E-state index in [1.54, 1.807) is 13.8 Å². The van der Waals surface area contributed by atoms with Crippen molar-refractivity contribution in [2.75, 3.05) is 13.2 Å². The predicted molar refractivity (Wildman–Crippen MR) is 126 cm³/mol. The molecule has 0 saturated heterocycles. The number of hydrogen-bond acceptors (Lipinski definition) is 9. The van der Waals surface area contributed by atoms with E-state index in [1.807, 2.05) is 0 Å². The van der Waals surface area contributed by atoms with Crippen molar-refractivity contribution in [1.29, 1.82) is 0 Å². The summed E-state index contributed by atoms with van der Waals surface area (Å²) < 4.78 is 77.6. The second-order valence-electron chi connectivity index (χ2n) is 7.30. The number of nitrogens with zero attached hydrogens (tertiary/aromatic N) is 1. The van der Waals surface area contributed by atoms with Crippen molar-refractivity contribution in [2.24, 2.45) is 0 Å². The number of esters is 1. The minimum Gasteiger partial charge on any atom is -0.472 e. The summed E-state index contributed by atoms with van der Waals surface area (Å²) in [5, 5.41) is 11.1. The molecule has 0 bridgehead atoms. The van der Waals surface area contributed by atoms with Gasteiger partial charge in [-0.15, -0.1) is 0 Å². The molecule has 0 aliphatic heterocycles. The summed E-state index contributed by atoms with van der Waals surface area (Å²) >= 11 is 5.89. The summed E-state index contributed by atoms with van der Waals surface area (Å²) in [4.78, 5) is 23.2. The average molecular weight is 570 g/mol. The van der Waals surface area contributed by atoms with Gasteiger partial charge < -0.3 is 23.3 Å². The van der Waals surface area contributed by atoms with Crippen molar-refractivity contribution >= 4 is 30.9 Å². The molecular weight excluding hydrogens is 546 g/mol. The topological polar surface area (TPSA) is 123 Å². The number of alkyl halides is 3. The molecule has 0 spiro atoms. The van der Waals surface area contributed by atoms with E-state index in [4.69, 9.17) is 34.9 Å². The Hall–Kier alpha value is -2.86. The molecule has 0 fully saturated rings. The van der Waals surface area contributed by atoms with Crippen molar-refractivity contribution in [2.45, 2.75) is 45.8 Å². The van der Waals surface area contributed by atoms with Gasteiger partial charge >= 0.3 is 25.4 Å². The monoisotopic (exact) mass is 569 g/mol. The first-order valence-electron chi connectivity index (χ1n) is 10.8. The molecule has 0 saturated carbocycles. The lowest BCUT2D eigenvalue weighted by Gasteiger charge is -2.24. The van der Waals surface area contributed by atoms with Crippen molar-refractivity contribution in [1.82, 2.24) is 0 Å². The van der Waals surface area contributed by atoms with Crippen LogP contribution in [0.2, 0.25) is 5.02 Å². The zero-order valence-corrected chi connectivity index (χ0v) is 21.8. The lowest BCUT2D eigenvalue weighted by molar-refractivity contribution is -0.386. The third-order valence-electron chi connectivity index (χ3n) is 4.60. The molecule has 2 atom stereocenters. The lowest BCUT2D eigenvalue weighted by Crippen LogP contribution is -2.30. The smallest absolute Gasteiger partial charge is 0.416 e. The second kappa shape index (κ2) is 12.6. The molecule has 0 N–H and O–H groups in total. The molecule has 2 aromatic rings. The normalized spacial score (nSPS) is 13.5. The van der Waals surface area contributed by atoms with E-state index in [0.717, 1.165) is 24.3 Å². The maximum atomic E-state index is 12.9. The molecule has 2 unspecified atom stereocenters. The highest BCUT2D eigenvalue weighted by molar-refractivity contribution is 7.54. The van der Waals surface area contributed by atoms with Gasteiger partial charge in [0.25, 0.3) is 0 Å². The van der Waals surface area contributed by atoms with Gasteiger partial charge in [0.1, 0.15) is 11.5 Å². The van der Waals surface area contributed by atoms with Gasteiger partial charge in [-0.25, -0.2) is 4.79 Å². The maximum absolute atomic E-state index is 12.9. The Morgan fingerprint density at radius 2 is 1.70 bits per heavy atom. The molecular formula is C22H24ClF3NO9P. The first-order valence-corrected chi connectivity index (χ1v) is 12.8. The van der Waals surface area contributed by atoms with Crippen molar-refractivity contribution in [3.63, 3.8) is 0 Å². The first kappa shape index (κ1) is 30.4. The Morgan fingerprint density at radius 1 is 1.08 bits per heavy atom. The van der Waals surface area contributed by atoms with Crippen LogP contribution in [0.4, 0.5) is 18.9 Å². The maximum Gasteiger partial charge on any atom is 0.416 e. The van der Waals surface area contributed by atoms with Gasteiger partial charge in [0.2, 0.25) is 5.75 Å². The molecule has 0 heterocycles. The minimum atomic E-state index is -4.61. The van der Waals surface area contributed by atoms with Crippen LogP contribution < -0.4 is 9.47 Å². The van der Waals surface area contributed by atoms with Gasteiger partial charge in [-0.1, -0.05) is 11.6 Å². The number of halogens is 4. The molecule has 0 amide bonds. The van der Waals surface area contributed by atoms with Crippen LogP contribution in [-0.4, -0.2) is 36.1 Å². The van der Waals surface area contributed by atoms with Gasteiger partial charge in [0.05, 0.1) is 28.7 Å². The van der Waals surface area contributed by atoms with E-state index < -0.39 is 53.6 Å². The summed E-state index contributed by atoms with van der Waals surface area (Å²) in [6.07, 6.45) is -6.03. The standard InChI is InChI=1S/C22H24ClF3NO9P/c1-5-32-37(31,33-6-2)14(4)35-21(28)13(3)34-20-12-16(8-9-18(20)27(29)30)36-19-10-7-15(11-17(19)23)22(24,25)26/h7-14H,5-6H2,1-4H3. The van der Waals surface area contributed by atoms with Crippen LogP contribution in [-0.2, 0) is 29.3 Å². The number of nitro benzene ring substituents is 1. The van der Waals surface area contributed by atoms with Crippen LogP contribution in [0.1, 0.15) is 33.3 Å². The Kier molecular flexibility index (Phi) is 10.3. The number of carbonyl (C=O) groups excluding carboxylic acids is 1. The number of rotatable bonds is 12. The van der Waals surface area contributed by atoms with Gasteiger partial charge in [-0.05, 0) is 52.0 Å². The van der Waals surface area contributed by atoms with Gasteiger partial charge in [0.15, 0.2) is 11.9 Å². The van der Waals surface area contributed by atoms with Crippen LogP contribution in [0.5, 0.6) is 17.2 Å². The summed E-state index contributed by atoms with van der Waals surface area (Å²) in [6.45, 7) is 5.78. The fraction of sp³-hybridized carbons (Fsp3) is 0.409. The quantitative estimate of drug-likeness (QED) is 0.115. The van der Waals surface area contributed by atoms with Gasteiger partial charge in [0, 0.05) is 12.1 Å². The first-order chi connectivity index (χ1) is 17.2. The Balaban J connectivity index is 2.24. The third kappa shape index (κ3) is 8.06. The largest absolute Gasteiger partial charge is 0.472 e. The summed E-state index contributed by atoms with van der Waals surface area (Å²) in [5.74, 6) is -2.94. The van der Waals surface area contributed by atoms with Crippen LogP contribution in [0.15, 0.2) is 36.4 Å². The Morgan fingerprint density at radius 3 is 2.22 bits per heavy atom. The molecule has 0 aliphatic carbocycles. The fourth-order valence-corrected chi connectivity index (χ4v) is 4.53. The van der Waals surface area contributed by atoms with Crippen molar-refractivity contribution < 1.29 is 50.7 Å². The SMILES string of the molecule is CCOP(=O)(OCC)C(C)OC(=O)C(C)Oc1cc(Oc2ccc(C(F)(F)F)cc2Cl)ccc1[N+](=O)[O-].